The molecule has 0 saturated carbocycles. The molecule has 2 unspecified atom stereocenters. The minimum absolute atomic E-state index is 0.00841. The summed E-state index contributed by atoms with van der Waals surface area (Å²) >= 11 is 1.71. The van der Waals surface area contributed by atoms with Crippen LogP contribution < -0.4 is 14.2 Å². The summed E-state index contributed by atoms with van der Waals surface area (Å²) in [5, 5.41) is 17.1. The van der Waals surface area contributed by atoms with E-state index in [1.54, 1.807) is 23.9 Å². The van der Waals surface area contributed by atoms with Crippen LogP contribution in [0.4, 0.5) is 0 Å². The fraction of sp³-hybridized carbons (Fsp3) is 0.161. The zero-order chi connectivity index (χ0) is 26.9. The van der Waals surface area contributed by atoms with E-state index in [0.717, 1.165) is 21.7 Å². The van der Waals surface area contributed by atoms with Gasteiger partial charge in [0.25, 0.3) is 0 Å². The highest BCUT2D eigenvalue weighted by molar-refractivity contribution is 7.99. The number of para-hydroxylation sites is 1. The molecule has 0 amide bonds. The Labute approximate surface area is 230 Å². The lowest BCUT2D eigenvalue weighted by Gasteiger charge is -2.38. The summed E-state index contributed by atoms with van der Waals surface area (Å²) in [5.74, 6) is 0.0671. The highest BCUT2D eigenvalue weighted by atomic mass is 32.2. The number of hydrogen-bond donors (Lipinski definition) is 1. The van der Waals surface area contributed by atoms with Gasteiger partial charge in [-0.3, -0.25) is 0 Å². The molecular weight excluding hydrogens is 512 g/mol. The van der Waals surface area contributed by atoms with Gasteiger partial charge in [-0.25, -0.2) is 9.80 Å². The van der Waals surface area contributed by atoms with E-state index in [0.29, 0.717) is 23.5 Å². The molecule has 0 spiro atoms. The van der Waals surface area contributed by atoms with Gasteiger partial charge in [0.15, 0.2) is 11.5 Å². The van der Waals surface area contributed by atoms with E-state index in [2.05, 4.69) is 36.4 Å². The predicted octanol–water partition coefficient (Wildman–Crippen LogP) is 6.80. The van der Waals surface area contributed by atoms with E-state index in [4.69, 9.17) is 19.3 Å². The molecule has 0 bridgehead atoms. The second-order valence-electron chi connectivity index (χ2n) is 9.16. The number of ether oxygens (including phenoxy) is 3. The standard InChI is InChI=1S/C31H26N2O5S/c1-36-27-17-16-23(28(31(34)35)29(27)37-2)30-33-25(22-10-6-7-11-26(22)38-30)18-24(32-33)19-12-14-21(15-13-19)39-20-8-4-3-5-9-20/h3-17,25,30H,18H2,1-2H3,(H,34,35). The first-order valence-electron chi connectivity index (χ1n) is 12.5. The molecule has 0 fully saturated rings. The van der Waals surface area contributed by atoms with Crippen LogP contribution in [0, 0.1) is 0 Å². The van der Waals surface area contributed by atoms with Crippen LogP contribution >= 0.6 is 11.8 Å². The number of rotatable bonds is 7. The lowest BCUT2D eigenvalue weighted by Crippen LogP contribution is -2.34. The normalized spacial score (nSPS) is 17.5. The molecule has 2 heterocycles. The lowest BCUT2D eigenvalue weighted by atomic mass is 9.95. The average Bonchev–Trinajstić information content (AvgIpc) is 3.43. The van der Waals surface area contributed by atoms with Gasteiger partial charge in [0.1, 0.15) is 11.3 Å². The highest BCUT2D eigenvalue weighted by Gasteiger charge is 2.43. The fourth-order valence-electron chi connectivity index (χ4n) is 5.12. The van der Waals surface area contributed by atoms with Crippen LogP contribution in [-0.2, 0) is 0 Å². The molecule has 0 aromatic heterocycles. The third-order valence-electron chi connectivity index (χ3n) is 6.92. The maximum absolute atomic E-state index is 12.5. The van der Waals surface area contributed by atoms with Crippen LogP contribution in [0.25, 0.3) is 0 Å². The van der Waals surface area contributed by atoms with Crippen molar-refractivity contribution >= 4 is 23.4 Å². The number of carboxylic acid groups (broad SMARTS) is 1. The number of fused-ring (bicyclic) bond motifs is 3. The van der Waals surface area contributed by atoms with Crippen molar-refractivity contribution in [2.75, 3.05) is 14.2 Å². The number of benzene rings is 4. The van der Waals surface area contributed by atoms with E-state index in [1.807, 2.05) is 47.5 Å². The average molecular weight is 539 g/mol. The molecule has 0 saturated heterocycles. The van der Waals surface area contributed by atoms with Gasteiger partial charge < -0.3 is 19.3 Å². The number of hydrogen-bond acceptors (Lipinski definition) is 7. The Morgan fingerprint density at radius 2 is 1.62 bits per heavy atom. The molecule has 2 aliphatic rings. The van der Waals surface area contributed by atoms with Gasteiger partial charge in [0.2, 0.25) is 6.23 Å². The summed E-state index contributed by atoms with van der Waals surface area (Å²) in [6, 6.07) is 29.8. The first-order valence-corrected chi connectivity index (χ1v) is 13.3. The van der Waals surface area contributed by atoms with Crippen molar-refractivity contribution in [3.8, 4) is 17.2 Å². The largest absolute Gasteiger partial charge is 0.493 e. The Balaban J connectivity index is 1.38. The maximum atomic E-state index is 12.5. The van der Waals surface area contributed by atoms with Gasteiger partial charge in [-0.05, 0) is 48.0 Å². The minimum atomic E-state index is -1.13. The van der Waals surface area contributed by atoms with Crippen molar-refractivity contribution in [1.82, 2.24) is 5.01 Å². The molecule has 2 atom stereocenters. The number of hydrazone groups is 1. The molecule has 4 aromatic carbocycles. The summed E-state index contributed by atoms with van der Waals surface area (Å²) < 4.78 is 17.3. The van der Waals surface area contributed by atoms with E-state index in [9.17, 15) is 9.90 Å². The Bertz CT molecular complexity index is 1560. The van der Waals surface area contributed by atoms with E-state index < -0.39 is 12.2 Å². The smallest absolute Gasteiger partial charge is 0.340 e. The van der Waals surface area contributed by atoms with Crippen molar-refractivity contribution in [2.24, 2.45) is 5.10 Å². The van der Waals surface area contributed by atoms with Crippen LogP contribution in [0.1, 0.15) is 45.7 Å². The summed E-state index contributed by atoms with van der Waals surface area (Å²) in [5.41, 5.74) is 3.38. The van der Waals surface area contributed by atoms with Gasteiger partial charge in [0, 0.05) is 27.3 Å². The summed E-state index contributed by atoms with van der Waals surface area (Å²) in [4.78, 5) is 14.8. The maximum Gasteiger partial charge on any atom is 0.340 e. The van der Waals surface area contributed by atoms with Crippen LogP contribution in [-0.4, -0.2) is 36.0 Å². The molecular formula is C31H26N2O5S. The number of aromatic carboxylic acids is 1. The third kappa shape index (κ3) is 4.57. The van der Waals surface area contributed by atoms with Crippen LogP contribution in [0.5, 0.6) is 17.2 Å². The summed E-state index contributed by atoms with van der Waals surface area (Å²) in [6.07, 6.45) is -0.0983. The second-order valence-corrected chi connectivity index (χ2v) is 10.3. The van der Waals surface area contributed by atoms with E-state index >= 15 is 0 Å². The van der Waals surface area contributed by atoms with Crippen molar-refractivity contribution < 1.29 is 24.1 Å². The molecule has 2 aliphatic heterocycles. The van der Waals surface area contributed by atoms with Crippen molar-refractivity contribution in [3.05, 3.63) is 113 Å². The highest BCUT2D eigenvalue weighted by Crippen LogP contribution is 2.49. The van der Waals surface area contributed by atoms with Crippen LogP contribution in [0.2, 0.25) is 0 Å². The zero-order valence-corrected chi connectivity index (χ0v) is 22.2. The van der Waals surface area contributed by atoms with Gasteiger partial charge >= 0.3 is 5.97 Å². The second kappa shape index (κ2) is 10.4. The van der Waals surface area contributed by atoms with Gasteiger partial charge in [0.05, 0.1) is 26.0 Å². The molecule has 4 aromatic rings. The van der Waals surface area contributed by atoms with Crippen molar-refractivity contribution in [3.63, 3.8) is 0 Å². The van der Waals surface area contributed by atoms with E-state index in [-0.39, 0.29) is 17.4 Å². The van der Waals surface area contributed by atoms with Crippen molar-refractivity contribution in [1.29, 1.82) is 0 Å². The molecule has 6 rings (SSSR count). The summed E-state index contributed by atoms with van der Waals surface area (Å²) in [6.45, 7) is 0. The van der Waals surface area contributed by atoms with Crippen LogP contribution in [0.3, 0.4) is 0 Å². The summed E-state index contributed by atoms with van der Waals surface area (Å²) in [7, 11) is 2.91. The number of carbonyl (C=O) groups is 1. The zero-order valence-electron chi connectivity index (χ0n) is 21.4. The van der Waals surface area contributed by atoms with Gasteiger partial charge in [-0.1, -0.05) is 60.3 Å². The Hall–Kier alpha value is -4.43. The molecule has 0 radical (unpaired) electrons. The SMILES string of the molecule is COc1ccc(C2Oc3ccccc3C3CC(c4ccc(Sc5ccccc5)cc4)=NN32)c(C(=O)O)c1OC. The number of methoxy groups -OCH3 is 2. The lowest BCUT2D eigenvalue weighted by molar-refractivity contribution is -0.0199. The first kappa shape index (κ1) is 24.9. The minimum Gasteiger partial charge on any atom is -0.493 e. The molecule has 8 heteroatoms. The third-order valence-corrected chi connectivity index (χ3v) is 7.94. The van der Waals surface area contributed by atoms with Gasteiger partial charge in [-0.2, -0.15) is 5.10 Å². The molecule has 196 valence electrons. The Morgan fingerprint density at radius 3 is 2.33 bits per heavy atom. The monoisotopic (exact) mass is 538 g/mol. The van der Waals surface area contributed by atoms with Crippen molar-refractivity contribution in [2.45, 2.75) is 28.5 Å². The van der Waals surface area contributed by atoms with E-state index in [1.165, 1.54) is 19.1 Å². The predicted molar refractivity (Wildman–Crippen MR) is 149 cm³/mol. The Kier molecular flexibility index (Phi) is 6.62. The molecule has 7 nitrogen and oxygen atoms in total. The van der Waals surface area contributed by atoms with Crippen LogP contribution in [0.15, 0.2) is 106 Å². The van der Waals surface area contributed by atoms with Gasteiger partial charge in [-0.15, -0.1) is 0 Å². The topological polar surface area (TPSA) is 80.6 Å². The molecule has 1 N–H and O–H groups in total. The Morgan fingerprint density at radius 1 is 0.897 bits per heavy atom. The number of carboxylic acids is 1. The fourth-order valence-corrected chi connectivity index (χ4v) is 5.96. The first-order chi connectivity index (χ1) is 19.1. The molecule has 39 heavy (non-hydrogen) atoms. The number of nitrogens with zero attached hydrogens (tertiary/aromatic N) is 2. The quantitative estimate of drug-likeness (QED) is 0.277. The molecule has 0 aliphatic carbocycles.